The van der Waals surface area contributed by atoms with E-state index in [9.17, 15) is 0 Å². The van der Waals surface area contributed by atoms with Gasteiger partial charge in [-0.15, -0.1) is 0 Å². The second-order valence-electron chi connectivity index (χ2n) is 4.78. The summed E-state index contributed by atoms with van der Waals surface area (Å²) in [6.07, 6.45) is 0. The second kappa shape index (κ2) is 4.74. The first-order valence-corrected chi connectivity index (χ1v) is 6.08. The maximum atomic E-state index is 9.10. The lowest BCUT2D eigenvalue weighted by molar-refractivity contribution is 0.190. The maximum Gasteiger partial charge on any atom is 0.0497 e. The van der Waals surface area contributed by atoms with Crippen molar-refractivity contribution in [2.24, 2.45) is 0 Å². The zero-order valence-electron chi connectivity index (χ0n) is 9.78. The normalized spacial score (nSPS) is 19.5. The van der Waals surface area contributed by atoms with E-state index in [1.807, 2.05) is 13.0 Å². The Morgan fingerprint density at radius 1 is 1.50 bits per heavy atom. The summed E-state index contributed by atoms with van der Waals surface area (Å²) in [5.74, 6) is 0.742. The van der Waals surface area contributed by atoms with Crippen LogP contribution in [0.3, 0.4) is 0 Å². The third-order valence-electron chi connectivity index (χ3n) is 3.37. The van der Waals surface area contributed by atoms with Gasteiger partial charge in [0.1, 0.15) is 0 Å². The zero-order chi connectivity index (χ0) is 11.7. The molecule has 0 bridgehead atoms. The lowest BCUT2D eigenvalue weighted by Crippen LogP contribution is -2.41. The molecule has 1 N–H and O–H groups in total. The van der Waals surface area contributed by atoms with E-state index in [1.165, 1.54) is 5.56 Å². The average molecular weight is 240 g/mol. The van der Waals surface area contributed by atoms with Crippen molar-refractivity contribution in [3.05, 3.63) is 34.3 Å². The van der Waals surface area contributed by atoms with Gasteiger partial charge in [-0.1, -0.05) is 30.7 Å². The largest absolute Gasteiger partial charge is 0.396 e. The van der Waals surface area contributed by atoms with E-state index in [0.29, 0.717) is 5.92 Å². The molecule has 0 aromatic heterocycles. The van der Waals surface area contributed by atoms with Gasteiger partial charge in [0, 0.05) is 36.6 Å². The fourth-order valence-electron chi connectivity index (χ4n) is 2.18. The van der Waals surface area contributed by atoms with Gasteiger partial charge in [-0.2, -0.15) is 0 Å². The number of aliphatic hydroxyl groups excluding tert-OH is 1. The summed E-state index contributed by atoms with van der Waals surface area (Å²) < 4.78 is 0. The van der Waals surface area contributed by atoms with E-state index >= 15 is 0 Å². The van der Waals surface area contributed by atoms with Gasteiger partial charge in [0.2, 0.25) is 0 Å². The third kappa shape index (κ3) is 2.24. The Hall–Kier alpha value is -0.570. The average Bonchev–Trinajstić information content (AvgIpc) is 2.24. The lowest BCUT2D eigenvalue weighted by atomic mass is 9.90. The molecular formula is C13H18ClNO. The van der Waals surface area contributed by atoms with E-state index in [2.05, 4.69) is 24.1 Å². The molecule has 1 aromatic carbocycles. The van der Waals surface area contributed by atoms with Gasteiger partial charge in [-0.3, -0.25) is 0 Å². The lowest BCUT2D eigenvalue weighted by Gasteiger charge is -2.37. The molecule has 1 unspecified atom stereocenters. The SMILES string of the molecule is CC(CO)c1ccc(C2CN(C)C2)c(Cl)c1. The van der Waals surface area contributed by atoms with Crippen LogP contribution in [0, 0.1) is 0 Å². The Bertz CT molecular complexity index is 374. The third-order valence-corrected chi connectivity index (χ3v) is 3.70. The summed E-state index contributed by atoms with van der Waals surface area (Å²) in [6, 6.07) is 6.19. The Kier molecular flexibility index (Phi) is 3.53. The van der Waals surface area contributed by atoms with Crippen molar-refractivity contribution in [2.45, 2.75) is 18.8 Å². The van der Waals surface area contributed by atoms with Crippen molar-refractivity contribution < 1.29 is 5.11 Å². The summed E-state index contributed by atoms with van der Waals surface area (Å²) in [6.45, 7) is 4.35. The van der Waals surface area contributed by atoms with Crippen LogP contribution in [-0.2, 0) is 0 Å². The van der Waals surface area contributed by atoms with E-state index in [-0.39, 0.29) is 12.5 Å². The van der Waals surface area contributed by atoms with Crippen LogP contribution >= 0.6 is 11.6 Å². The van der Waals surface area contributed by atoms with E-state index in [0.717, 1.165) is 23.7 Å². The van der Waals surface area contributed by atoms with Crippen LogP contribution in [0.1, 0.15) is 29.9 Å². The van der Waals surface area contributed by atoms with Crippen LogP contribution in [0.2, 0.25) is 5.02 Å². The molecule has 1 aliphatic rings. The highest BCUT2D eigenvalue weighted by Crippen LogP contribution is 2.32. The smallest absolute Gasteiger partial charge is 0.0497 e. The molecule has 0 aliphatic carbocycles. The molecule has 0 amide bonds. The topological polar surface area (TPSA) is 23.5 Å². The highest BCUT2D eigenvalue weighted by Gasteiger charge is 2.26. The molecule has 88 valence electrons. The van der Waals surface area contributed by atoms with Crippen molar-refractivity contribution in [2.75, 3.05) is 26.7 Å². The van der Waals surface area contributed by atoms with Crippen LogP contribution in [0.4, 0.5) is 0 Å². The van der Waals surface area contributed by atoms with Crippen molar-refractivity contribution in [1.29, 1.82) is 0 Å². The fraction of sp³-hybridized carbons (Fsp3) is 0.538. The first kappa shape index (κ1) is 11.9. The minimum Gasteiger partial charge on any atom is -0.396 e. The number of nitrogens with zero attached hydrogens (tertiary/aromatic N) is 1. The number of hydrogen-bond donors (Lipinski definition) is 1. The second-order valence-corrected chi connectivity index (χ2v) is 5.19. The number of rotatable bonds is 3. The van der Waals surface area contributed by atoms with Gasteiger partial charge in [0.15, 0.2) is 0 Å². The molecule has 2 rings (SSSR count). The van der Waals surface area contributed by atoms with Crippen LogP contribution in [0.15, 0.2) is 18.2 Å². The molecule has 0 radical (unpaired) electrons. The van der Waals surface area contributed by atoms with Crippen LogP contribution in [0.25, 0.3) is 0 Å². The zero-order valence-corrected chi connectivity index (χ0v) is 10.5. The van der Waals surface area contributed by atoms with Crippen molar-refractivity contribution in [3.63, 3.8) is 0 Å². The molecule has 16 heavy (non-hydrogen) atoms. The molecule has 1 aromatic rings. The number of hydrogen-bond acceptors (Lipinski definition) is 2. The summed E-state index contributed by atoms with van der Waals surface area (Å²) in [4.78, 5) is 2.28. The Labute approximate surface area is 102 Å². The summed E-state index contributed by atoms with van der Waals surface area (Å²) in [5.41, 5.74) is 2.36. The van der Waals surface area contributed by atoms with Gasteiger partial charge in [0.25, 0.3) is 0 Å². The van der Waals surface area contributed by atoms with Gasteiger partial charge in [0.05, 0.1) is 0 Å². The number of likely N-dealkylation sites (tertiary alicyclic amines) is 1. The number of halogens is 1. The highest BCUT2D eigenvalue weighted by molar-refractivity contribution is 6.31. The minimum atomic E-state index is 0.163. The van der Waals surface area contributed by atoms with Crippen LogP contribution < -0.4 is 0 Å². The molecule has 3 heteroatoms. The molecule has 0 spiro atoms. The number of benzene rings is 1. The van der Waals surface area contributed by atoms with Crippen LogP contribution in [-0.4, -0.2) is 36.8 Å². The first-order chi connectivity index (χ1) is 7.61. The van der Waals surface area contributed by atoms with Crippen molar-refractivity contribution in [3.8, 4) is 0 Å². The quantitative estimate of drug-likeness (QED) is 0.876. The Balaban J connectivity index is 2.17. The molecule has 1 heterocycles. The molecule has 1 fully saturated rings. The molecule has 1 aliphatic heterocycles. The minimum absolute atomic E-state index is 0.163. The maximum absolute atomic E-state index is 9.10. The standard InChI is InChI=1S/C13H18ClNO/c1-9(8-16)10-3-4-12(13(14)5-10)11-6-15(2)7-11/h3-5,9,11,16H,6-8H2,1-2H3. The Morgan fingerprint density at radius 2 is 2.19 bits per heavy atom. The summed E-state index contributed by atoms with van der Waals surface area (Å²) in [5, 5.41) is 9.94. The van der Waals surface area contributed by atoms with Gasteiger partial charge >= 0.3 is 0 Å². The monoisotopic (exact) mass is 239 g/mol. The number of aliphatic hydroxyl groups is 1. The van der Waals surface area contributed by atoms with Gasteiger partial charge in [-0.05, 0) is 24.2 Å². The van der Waals surface area contributed by atoms with E-state index in [1.54, 1.807) is 0 Å². The van der Waals surface area contributed by atoms with Crippen LogP contribution in [0.5, 0.6) is 0 Å². The molecular weight excluding hydrogens is 222 g/mol. The van der Waals surface area contributed by atoms with E-state index < -0.39 is 0 Å². The predicted molar refractivity (Wildman–Crippen MR) is 67.2 cm³/mol. The summed E-state index contributed by atoms with van der Waals surface area (Å²) in [7, 11) is 2.12. The van der Waals surface area contributed by atoms with Gasteiger partial charge < -0.3 is 10.0 Å². The van der Waals surface area contributed by atoms with E-state index in [4.69, 9.17) is 16.7 Å². The van der Waals surface area contributed by atoms with Crippen molar-refractivity contribution >= 4 is 11.6 Å². The van der Waals surface area contributed by atoms with Gasteiger partial charge in [-0.25, -0.2) is 0 Å². The molecule has 1 saturated heterocycles. The molecule has 1 atom stereocenters. The first-order valence-electron chi connectivity index (χ1n) is 5.70. The summed E-state index contributed by atoms with van der Waals surface area (Å²) >= 11 is 6.29. The van der Waals surface area contributed by atoms with Crippen molar-refractivity contribution in [1.82, 2.24) is 4.90 Å². The Morgan fingerprint density at radius 3 is 2.69 bits per heavy atom. The number of likely N-dealkylation sites (N-methyl/N-ethyl adjacent to an activating group) is 1. The fourth-order valence-corrected chi connectivity index (χ4v) is 2.53. The molecule has 0 saturated carbocycles. The predicted octanol–water partition coefficient (Wildman–Crippen LogP) is 2.46. The molecule has 2 nitrogen and oxygen atoms in total. The highest BCUT2D eigenvalue weighted by atomic mass is 35.5.